The van der Waals surface area contributed by atoms with Crippen LogP contribution in [-0.4, -0.2) is 43.4 Å². The van der Waals surface area contributed by atoms with Gasteiger partial charge in [0.05, 0.1) is 6.54 Å². The number of halogens is 1. The molecule has 4 heteroatoms. The van der Waals surface area contributed by atoms with E-state index >= 15 is 0 Å². The Balaban J connectivity index is 1.30. The second kappa shape index (κ2) is 6.44. The average Bonchev–Trinajstić information content (AvgIpc) is 3.31. The van der Waals surface area contributed by atoms with Gasteiger partial charge < -0.3 is 9.80 Å². The molecule has 0 unspecified atom stereocenters. The van der Waals surface area contributed by atoms with Crippen molar-refractivity contribution < 1.29 is 9.18 Å². The third kappa shape index (κ3) is 3.02. The van der Waals surface area contributed by atoms with E-state index in [1.54, 1.807) is 13.0 Å². The second-order valence-corrected chi connectivity index (χ2v) is 9.34. The molecule has 5 rings (SSSR count). The number of nitrogens with zero attached hydrogens (tertiary/aromatic N) is 2. The topological polar surface area (TPSA) is 23.6 Å². The molecule has 3 nitrogen and oxygen atoms in total. The summed E-state index contributed by atoms with van der Waals surface area (Å²) in [7, 11) is 0. The van der Waals surface area contributed by atoms with Crippen molar-refractivity contribution >= 4 is 11.5 Å². The van der Waals surface area contributed by atoms with Crippen LogP contribution in [0.15, 0.2) is 30.4 Å². The van der Waals surface area contributed by atoms with Gasteiger partial charge in [-0.05, 0) is 87.2 Å². The van der Waals surface area contributed by atoms with Crippen molar-refractivity contribution in [1.29, 1.82) is 0 Å². The smallest absolute Gasteiger partial charge is 0.149 e. The van der Waals surface area contributed by atoms with Gasteiger partial charge in [0.15, 0.2) is 0 Å². The molecule has 2 heterocycles. The fourth-order valence-corrected chi connectivity index (χ4v) is 6.18. The summed E-state index contributed by atoms with van der Waals surface area (Å²) in [6.45, 7) is 6.32. The van der Waals surface area contributed by atoms with Crippen LogP contribution in [0.5, 0.6) is 0 Å². The van der Waals surface area contributed by atoms with Gasteiger partial charge >= 0.3 is 0 Å². The minimum atomic E-state index is -0.158. The molecule has 1 aromatic rings. The highest BCUT2D eigenvalue weighted by atomic mass is 19.1. The molecule has 2 aliphatic heterocycles. The average molecular weight is 368 g/mol. The molecule has 4 aliphatic rings. The Morgan fingerprint density at radius 2 is 2.04 bits per heavy atom. The molecule has 0 amide bonds. The van der Waals surface area contributed by atoms with Crippen LogP contribution in [-0.2, 0) is 10.2 Å². The maximum absolute atomic E-state index is 14.0. The SMILES string of the molecule is CC(=O)CN1CC2(CCN(C[C@@H]3C[C@@H]4C=C[C@H]3C4)CC2)c2cc(F)ccc21. The minimum absolute atomic E-state index is 0.0119. The normalized spacial score (nSPS) is 31.0. The van der Waals surface area contributed by atoms with Crippen molar-refractivity contribution in [3.63, 3.8) is 0 Å². The lowest BCUT2D eigenvalue weighted by Gasteiger charge is -2.41. The van der Waals surface area contributed by atoms with Gasteiger partial charge in [-0.25, -0.2) is 4.39 Å². The molecular formula is C23H29FN2O. The number of benzene rings is 1. The highest BCUT2D eigenvalue weighted by Crippen LogP contribution is 2.48. The maximum atomic E-state index is 14.0. The number of fused-ring (bicyclic) bond motifs is 4. The number of Topliss-reactive ketones (excluding diaryl/α,β-unsaturated/α-hetero) is 1. The Hall–Kier alpha value is -1.68. The number of likely N-dealkylation sites (tertiary alicyclic amines) is 1. The van der Waals surface area contributed by atoms with E-state index in [9.17, 15) is 9.18 Å². The first-order chi connectivity index (χ1) is 13.0. The first-order valence-corrected chi connectivity index (χ1v) is 10.5. The van der Waals surface area contributed by atoms with Crippen LogP contribution in [0.3, 0.4) is 0 Å². The van der Waals surface area contributed by atoms with Crippen molar-refractivity contribution in [2.75, 3.05) is 37.6 Å². The van der Waals surface area contributed by atoms with Crippen LogP contribution in [0.4, 0.5) is 10.1 Å². The molecule has 0 radical (unpaired) electrons. The maximum Gasteiger partial charge on any atom is 0.149 e. The standard InChI is InChI=1S/C23H29FN2O/c1-16(27)13-26-15-23(21-12-20(24)4-5-22(21)26)6-8-25(9-7-23)14-19-11-17-2-3-18(19)10-17/h2-5,12,17-19H,6-11,13-15H2,1H3/t17-,18+,19+/m1/s1. The number of allylic oxidation sites excluding steroid dienone is 2. The Morgan fingerprint density at radius 1 is 1.22 bits per heavy atom. The van der Waals surface area contributed by atoms with E-state index in [1.165, 1.54) is 25.5 Å². The van der Waals surface area contributed by atoms with Gasteiger partial charge in [0.1, 0.15) is 11.6 Å². The molecular weight excluding hydrogens is 339 g/mol. The number of anilines is 1. The van der Waals surface area contributed by atoms with Gasteiger partial charge in [-0.3, -0.25) is 4.79 Å². The van der Waals surface area contributed by atoms with Crippen LogP contribution in [0.25, 0.3) is 0 Å². The molecule has 1 aromatic carbocycles. The lowest BCUT2D eigenvalue weighted by Crippen LogP contribution is -2.47. The summed E-state index contributed by atoms with van der Waals surface area (Å²) in [6, 6.07) is 5.13. The van der Waals surface area contributed by atoms with E-state index in [1.807, 2.05) is 6.07 Å². The van der Waals surface area contributed by atoms with E-state index in [0.29, 0.717) is 6.54 Å². The van der Waals surface area contributed by atoms with E-state index in [-0.39, 0.29) is 17.0 Å². The van der Waals surface area contributed by atoms with Crippen molar-refractivity contribution in [3.8, 4) is 0 Å². The van der Waals surface area contributed by atoms with Gasteiger partial charge in [-0.1, -0.05) is 12.2 Å². The lowest BCUT2D eigenvalue weighted by molar-refractivity contribution is -0.115. The molecule has 1 saturated carbocycles. The third-order valence-corrected chi connectivity index (χ3v) is 7.50. The number of carbonyl (C=O) groups is 1. The van der Waals surface area contributed by atoms with Gasteiger partial charge in [-0.15, -0.1) is 0 Å². The van der Waals surface area contributed by atoms with Crippen LogP contribution < -0.4 is 4.90 Å². The largest absolute Gasteiger partial charge is 0.363 e. The number of carbonyl (C=O) groups excluding carboxylic acids is 1. The summed E-state index contributed by atoms with van der Waals surface area (Å²) in [5.74, 6) is 2.48. The highest BCUT2D eigenvalue weighted by Gasteiger charge is 2.45. The molecule has 2 fully saturated rings. The molecule has 2 bridgehead atoms. The van der Waals surface area contributed by atoms with Crippen LogP contribution in [0.2, 0.25) is 0 Å². The van der Waals surface area contributed by atoms with E-state index in [2.05, 4.69) is 22.0 Å². The molecule has 27 heavy (non-hydrogen) atoms. The molecule has 2 aliphatic carbocycles. The number of hydrogen-bond acceptors (Lipinski definition) is 3. The number of rotatable bonds is 4. The van der Waals surface area contributed by atoms with Gasteiger partial charge in [0, 0.05) is 24.2 Å². The van der Waals surface area contributed by atoms with Crippen molar-refractivity contribution in [2.24, 2.45) is 17.8 Å². The van der Waals surface area contributed by atoms with Crippen molar-refractivity contribution in [3.05, 3.63) is 41.7 Å². The Labute approximate surface area is 161 Å². The fourth-order valence-electron chi connectivity index (χ4n) is 6.18. The monoisotopic (exact) mass is 368 g/mol. The first kappa shape index (κ1) is 17.4. The van der Waals surface area contributed by atoms with E-state index in [0.717, 1.165) is 61.5 Å². The quantitative estimate of drug-likeness (QED) is 0.756. The molecule has 1 spiro atoms. The predicted octanol–water partition coefficient (Wildman–Crippen LogP) is 3.78. The minimum Gasteiger partial charge on any atom is -0.363 e. The summed E-state index contributed by atoms with van der Waals surface area (Å²) in [6.07, 6.45) is 9.72. The lowest BCUT2D eigenvalue weighted by atomic mass is 9.74. The Morgan fingerprint density at radius 3 is 2.70 bits per heavy atom. The fraction of sp³-hybridized carbons (Fsp3) is 0.609. The summed E-state index contributed by atoms with van der Waals surface area (Å²) in [5.41, 5.74) is 2.21. The van der Waals surface area contributed by atoms with Gasteiger partial charge in [0.25, 0.3) is 0 Å². The first-order valence-electron chi connectivity index (χ1n) is 10.5. The number of hydrogen-bond donors (Lipinski definition) is 0. The van der Waals surface area contributed by atoms with Gasteiger partial charge in [0.2, 0.25) is 0 Å². The molecule has 0 aromatic heterocycles. The van der Waals surface area contributed by atoms with E-state index in [4.69, 9.17) is 0 Å². The summed E-state index contributed by atoms with van der Waals surface area (Å²) >= 11 is 0. The third-order valence-electron chi connectivity index (χ3n) is 7.50. The number of piperidine rings is 1. The van der Waals surface area contributed by atoms with Gasteiger partial charge in [-0.2, -0.15) is 0 Å². The van der Waals surface area contributed by atoms with Crippen molar-refractivity contribution in [1.82, 2.24) is 4.90 Å². The zero-order valence-corrected chi connectivity index (χ0v) is 16.2. The molecule has 0 N–H and O–H groups in total. The highest BCUT2D eigenvalue weighted by molar-refractivity contribution is 5.82. The zero-order valence-electron chi connectivity index (χ0n) is 16.2. The number of ketones is 1. The summed E-state index contributed by atoms with van der Waals surface area (Å²) in [4.78, 5) is 16.5. The van der Waals surface area contributed by atoms with Crippen LogP contribution in [0.1, 0.15) is 38.2 Å². The van der Waals surface area contributed by atoms with E-state index < -0.39 is 0 Å². The molecule has 3 atom stereocenters. The predicted molar refractivity (Wildman–Crippen MR) is 105 cm³/mol. The van der Waals surface area contributed by atoms with Crippen LogP contribution in [0, 0.1) is 23.6 Å². The Bertz CT molecular complexity index is 781. The zero-order chi connectivity index (χ0) is 18.6. The van der Waals surface area contributed by atoms with Crippen LogP contribution >= 0.6 is 0 Å². The molecule has 144 valence electrons. The second-order valence-electron chi connectivity index (χ2n) is 9.34. The summed E-state index contributed by atoms with van der Waals surface area (Å²) < 4.78 is 14.0. The summed E-state index contributed by atoms with van der Waals surface area (Å²) in [5, 5.41) is 0. The van der Waals surface area contributed by atoms with Crippen molar-refractivity contribution in [2.45, 2.75) is 38.0 Å². The molecule has 1 saturated heterocycles. The Kier molecular flexibility index (Phi) is 4.15.